The summed E-state index contributed by atoms with van der Waals surface area (Å²) < 4.78 is 5.53. The fourth-order valence-electron chi connectivity index (χ4n) is 1.74. The van der Waals surface area contributed by atoms with Crippen molar-refractivity contribution in [3.05, 3.63) is 34.9 Å². The SMILES string of the molecule is O=C(O)/C=C/c1c(Cl)cccc1OCCC(=O)NC1CC1. The molecule has 1 fully saturated rings. The lowest BCUT2D eigenvalue weighted by molar-refractivity contribution is -0.131. The molecule has 6 heteroatoms. The highest BCUT2D eigenvalue weighted by Crippen LogP contribution is 2.28. The maximum atomic E-state index is 11.5. The summed E-state index contributed by atoms with van der Waals surface area (Å²) in [6.07, 6.45) is 4.72. The van der Waals surface area contributed by atoms with E-state index >= 15 is 0 Å². The molecule has 112 valence electrons. The van der Waals surface area contributed by atoms with Crippen LogP contribution in [-0.2, 0) is 9.59 Å². The van der Waals surface area contributed by atoms with Crippen LogP contribution in [0.15, 0.2) is 24.3 Å². The highest BCUT2D eigenvalue weighted by atomic mass is 35.5. The second-order valence-electron chi connectivity index (χ2n) is 4.76. The Hall–Kier alpha value is -2.01. The van der Waals surface area contributed by atoms with Gasteiger partial charge >= 0.3 is 5.97 Å². The quantitative estimate of drug-likeness (QED) is 0.759. The maximum Gasteiger partial charge on any atom is 0.328 e. The van der Waals surface area contributed by atoms with Crippen LogP contribution < -0.4 is 10.1 Å². The van der Waals surface area contributed by atoms with Crippen molar-refractivity contribution in [2.75, 3.05) is 6.61 Å². The molecule has 1 saturated carbocycles. The van der Waals surface area contributed by atoms with Crippen molar-refractivity contribution in [2.45, 2.75) is 25.3 Å². The number of benzene rings is 1. The molecular formula is C15H16ClNO4. The van der Waals surface area contributed by atoms with Crippen LogP contribution in [-0.4, -0.2) is 29.6 Å². The summed E-state index contributed by atoms with van der Waals surface area (Å²) in [5.74, 6) is -0.647. The molecule has 0 aromatic heterocycles. The maximum absolute atomic E-state index is 11.5. The van der Waals surface area contributed by atoms with Gasteiger partial charge in [0.2, 0.25) is 5.91 Å². The van der Waals surface area contributed by atoms with Gasteiger partial charge in [0, 0.05) is 17.7 Å². The predicted molar refractivity (Wildman–Crippen MR) is 79.4 cm³/mol. The molecule has 1 aliphatic carbocycles. The molecule has 0 bridgehead atoms. The third kappa shape index (κ3) is 5.11. The zero-order valence-corrected chi connectivity index (χ0v) is 12.1. The van der Waals surface area contributed by atoms with Crippen molar-refractivity contribution in [3.8, 4) is 5.75 Å². The van der Waals surface area contributed by atoms with Crippen LogP contribution in [0.3, 0.4) is 0 Å². The molecule has 0 spiro atoms. The van der Waals surface area contributed by atoms with E-state index in [9.17, 15) is 9.59 Å². The number of hydrogen-bond donors (Lipinski definition) is 2. The van der Waals surface area contributed by atoms with E-state index in [4.69, 9.17) is 21.4 Å². The zero-order valence-electron chi connectivity index (χ0n) is 11.3. The van der Waals surface area contributed by atoms with Gasteiger partial charge < -0.3 is 15.2 Å². The van der Waals surface area contributed by atoms with Crippen molar-refractivity contribution < 1.29 is 19.4 Å². The van der Waals surface area contributed by atoms with Crippen LogP contribution >= 0.6 is 11.6 Å². The van der Waals surface area contributed by atoms with Gasteiger partial charge in [-0.25, -0.2) is 4.79 Å². The molecule has 1 aliphatic rings. The van der Waals surface area contributed by atoms with Crippen LogP contribution in [0.5, 0.6) is 5.75 Å². The number of rotatable bonds is 7. The third-order valence-corrected chi connectivity index (χ3v) is 3.26. The van der Waals surface area contributed by atoms with Crippen LogP contribution in [0.2, 0.25) is 5.02 Å². The van der Waals surface area contributed by atoms with Crippen molar-refractivity contribution in [3.63, 3.8) is 0 Å². The number of halogens is 1. The van der Waals surface area contributed by atoms with E-state index in [0.29, 0.717) is 22.4 Å². The predicted octanol–water partition coefficient (Wildman–Crippen LogP) is 2.49. The summed E-state index contributed by atoms with van der Waals surface area (Å²) in [6.45, 7) is 0.215. The number of carboxylic acids is 1. The van der Waals surface area contributed by atoms with Crippen molar-refractivity contribution >= 4 is 29.6 Å². The fourth-order valence-corrected chi connectivity index (χ4v) is 1.97. The van der Waals surface area contributed by atoms with Crippen LogP contribution in [0.25, 0.3) is 6.08 Å². The van der Waals surface area contributed by atoms with Crippen molar-refractivity contribution in [1.29, 1.82) is 0 Å². The minimum Gasteiger partial charge on any atom is -0.492 e. The first-order valence-electron chi connectivity index (χ1n) is 6.68. The number of carbonyl (C=O) groups is 2. The standard InChI is InChI=1S/C15H16ClNO4/c16-12-2-1-3-13(11(12)6-7-15(19)20)21-9-8-14(18)17-10-4-5-10/h1-3,6-7,10H,4-5,8-9H2,(H,17,18)(H,19,20)/b7-6+. The molecule has 0 aliphatic heterocycles. The van der Waals surface area contributed by atoms with Gasteiger partial charge in [-0.2, -0.15) is 0 Å². The van der Waals surface area contributed by atoms with Gasteiger partial charge in [0.15, 0.2) is 0 Å². The third-order valence-electron chi connectivity index (χ3n) is 2.93. The lowest BCUT2D eigenvalue weighted by Crippen LogP contribution is -2.26. The summed E-state index contributed by atoms with van der Waals surface area (Å²) >= 11 is 6.03. The van der Waals surface area contributed by atoms with Gasteiger partial charge in [-0.1, -0.05) is 17.7 Å². The highest BCUT2D eigenvalue weighted by Gasteiger charge is 2.22. The number of nitrogens with one attached hydrogen (secondary N) is 1. The molecule has 2 N–H and O–H groups in total. The molecule has 0 heterocycles. The van der Waals surface area contributed by atoms with E-state index < -0.39 is 5.97 Å². The second kappa shape index (κ2) is 7.13. The summed E-state index contributed by atoms with van der Waals surface area (Å²) in [7, 11) is 0. The lowest BCUT2D eigenvalue weighted by atomic mass is 10.2. The first kappa shape index (κ1) is 15.4. The lowest BCUT2D eigenvalue weighted by Gasteiger charge is -2.10. The molecule has 1 aromatic rings. The summed E-state index contributed by atoms with van der Waals surface area (Å²) in [5, 5.41) is 11.9. The molecule has 1 amide bonds. The monoisotopic (exact) mass is 309 g/mol. The molecular weight excluding hydrogens is 294 g/mol. The number of carbonyl (C=O) groups excluding carboxylic acids is 1. The van der Waals surface area contributed by atoms with E-state index in [-0.39, 0.29) is 18.9 Å². The van der Waals surface area contributed by atoms with Crippen LogP contribution in [0, 0.1) is 0 Å². The van der Waals surface area contributed by atoms with Gasteiger partial charge in [-0.15, -0.1) is 0 Å². The van der Waals surface area contributed by atoms with Crippen LogP contribution in [0.1, 0.15) is 24.8 Å². The van der Waals surface area contributed by atoms with E-state index in [2.05, 4.69) is 5.32 Å². The molecule has 0 unspecified atom stereocenters. The van der Waals surface area contributed by atoms with E-state index in [0.717, 1.165) is 18.9 Å². The average Bonchev–Trinajstić information content (AvgIpc) is 3.21. The normalized spacial score (nSPS) is 14.1. The number of hydrogen-bond acceptors (Lipinski definition) is 3. The molecule has 0 radical (unpaired) electrons. The van der Waals surface area contributed by atoms with Crippen molar-refractivity contribution in [2.24, 2.45) is 0 Å². The Morgan fingerprint density at radius 3 is 2.86 bits per heavy atom. The summed E-state index contributed by atoms with van der Waals surface area (Å²) in [5.41, 5.74) is 0.490. The molecule has 2 rings (SSSR count). The molecule has 5 nitrogen and oxygen atoms in total. The molecule has 1 aromatic carbocycles. The van der Waals surface area contributed by atoms with Crippen LogP contribution in [0.4, 0.5) is 0 Å². The number of aliphatic carboxylic acids is 1. The second-order valence-corrected chi connectivity index (χ2v) is 5.17. The minimum absolute atomic E-state index is 0.0397. The van der Waals surface area contributed by atoms with Gasteiger partial charge in [-0.05, 0) is 31.1 Å². The largest absolute Gasteiger partial charge is 0.492 e. The Morgan fingerprint density at radius 1 is 1.43 bits per heavy atom. The first-order valence-corrected chi connectivity index (χ1v) is 7.06. The van der Waals surface area contributed by atoms with E-state index in [1.807, 2.05) is 0 Å². The van der Waals surface area contributed by atoms with E-state index in [1.165, 1.54) is 6.08 Å². The number of carboxylic acid groups (broad SMARTS) is 1. The fraction of sp³-hybridized carbons (Fsp3) is 0.333. The molecule has 0 atom stereocenters. The zero-order chi connectivity index (χ0) is 15.2. The Balaban J connectivity index is 1.93. The van der Waals surface area contributed by atoms with Gasteiger partial charge in [-0.3, -0.25) is 4.79 Å². The van der Waals surface area contributed by atoms with E-state index in [1.54, 1.807) is 18.2 Å². The highest BCUT2D eigenvalue weighted by molar-refractivity contribution is 6.32. The topological polar surface area (TPSA) is 75.6 Å². The average molecular weight is 310 g/mol. The van der Waals surface area contributed by atoms with Gasteiger partial charge in [0.05, 0.1) is 18.1 Å². The summed E-state index contributed by atoms with van der Waals surface area (Å²) in [4.78, 5) is 22.1. The Bertz CT molecular complexity index is 567. The minimum atomic E-state index is -1.07. The summed E-state index contributed by atoms with van der Waals surface area (Å²) in [6, 6.07) is 5.37. The van der Waals surface area contributed by atoms with Gasteiger partial charge in [0.1, 0.15) is 5.75 Å². The Labute approximate surface area is 127 Å². The number of amides is 1. The first-order chi connectivity index (χ1) is 10.1. The smallest absolute Gasteiger partial charge is 0.328 e. The number of ether oxygens (including phenoxy) is 1. The molecule has 0 saturated heterocycles. The van der Waals surface area contributed by atoms with Gasteiger partial charge in [0.25, 0.3) is 0 Å². The molecule has 21 heavy (non-hydrogen) atoms. The van der Waals surface area contributed by atoms with Crippen molar-refractivity contribution in [1.82, 2.24) is 5.32 Å². The Morgan fingerprint density at radius 2 is 2.19 bits per heavy atom. The Kier molecular flexibility index (Phi) is 5.22.